The number of thiophene rings is 1. The lowest BCUT2D eigenvalue weighted by Crippen LogP contribution is -2.20. The lowest BCUT2D eigenvalue weighted by atomic mass is 10.2. The molecule has 1 aromatic carbocycles. The van der Waals surface area contributed by atoms with Gasteiger partial charge < -0.3 is 14.6 Å². The standard InChI is InChI=1S/C18H21N3O2S/c1-3-19-10-9-14(16-8-5-11-24-16)23-15-7-4-6-13-17(15)20-12-21(2)18(13)22/h4-8,11-12,14,19H,3,9-10H2,1-2H3/t14-/m0/s1. The van der Waals surface area contributed by atoms with E-state index in [9.17, 15) is 4.79 Å². The van der Waals surface area contributed by atoms with Gasteiger partial charge >= 0.3 is 0 Å². The fourth-order valence-corrected chi connectivity index (χ4v) is 3.40. The molecular formula is C18H21N3O2S. The highest BCUT2D eigenvalue weighted by Crippen LogP contribution is 2.30. The van der Waals surface area contributed by atoms with Gasteiger partial charge in [-0.25, -0.2) is 4.98 Å². The Labute approximate surface area is 144 Å². The second-order valence-corrected chi connectivity index (χ2v) is 6.56. The second-order valence-electron chi connectivity index (χ2n) is 5.58. The molecule has 1 atom stereocenters. The van der Waals surface area contributed by atoms with Crippen LogP contribution in [-0.4, -0.2) is 22.6 Å². The molecule has 0 aliphatic carbocycles. The van der Waals surface area contributed by atoms with Crippen molar-refractivity contribution in [2.24, 2.45) is 7.05 Å². The van der Waals surface area contributed by atoms with Crippen LogP contribution in [0.1, 0.15) is 24.3 Å². The van der Waals surface area contributed by atoms with Crippen LogP contribution in [0.4, 0.5) is 0 Å². The summed E-state index contributed by atoms with van der Waals surface area (Å²) in [4.78, 5) is 17.8. The monoisotopic (exact) mass is 343 g/mol. The number of fused-ring (bicyclic) bond motifs is 1. The van der Waals surface area contributed by atoms with E-state index >= 15 is 0 Å². The minimum atomic E-state index is -0.0641. The maximum Gasteiger partial charge on any atom is 0.261 e. The van der Waals surface area contributed by atoms with Gasteiger partial charge in [0.15, 0.2) is 0 Å². The molecule has 3 rings (SSSR count). The fourth-order valence-electron chi connectivity index (χ4n) is 2.61. The summed E-state index contributed by atoms with van der Waals surface area (Å²) in [6.07, 6.45) is 2.34. The lowest BCUT2D eigenvalue weighted by Gasteiger charge is -2.19. The molecule has 0 radical (unpaired) electrons. The number of nitrogens with zero attached hydrogens (tertiary/aromatic N) is 2. The summed E-state index contributed by atoms with van der Waals surface area (Å²) in [5.41, 5.74) is 0.552. The number of para-hydroxylation sites is 1. The molecule has 0 spiro atoms. The summed E-state index contributed by atoms with van der Waals surface area (Å²) in [6, 6.07) is 9.62. The molecule has 6 heteroatoms. The van der Waals surface area contributed by atoms with Crippen molar-refractivity contribution >= 4 is 22.2 Å². The highest BCUT2D eigenvalue weighted by Gasteiger charge is 2.17. The van der Waals surface area contributed by atoms with Crippen LogP contribution in [0.15, 0.2) is 46.8 Å². The van der Waals surface area contributed by atoms with Crippen molar-refractivity contribution in [3.05, 3.63) is 57.3 Å². The van der Waals surface area contributed by atoms with Gasteiger partial charge in [0.05, 0.1) is 11.7 Å². The molecule has 0 aliphatic heterocycles. The maximum absolute atomic E-state index is 12.3. The number of rotatable bonds is 7. The van der Waals surface area contributed by atoms with Gasteiger partial charge in [-0.1, -0.05) is 19.1 Å². The molecule has 1 N–H and O–H groups in total. The van der Waals surface area contributed by atoms with E-state index in [0.29, 0.717) is 16.7 Å². The molecule has 24 heavy (non-hydrogen) atoms. The first-order valence-corrected chi connectivity index (χ1v) is 8.93. The molecule has 0 bridgehead atoms. The third kappa shape index (κ3) is 3.49. The average Bonchev–Trinajstić information content (AvgIpc) is 3.12. The predicted molar refractivity (Wildman–Crippen MR) is 97.8 cm³/mol. The molecule has 2 aromatic heterocycles. The summed E-state index contributed by atoms with van der Waals surface area (Å²) in [6.45, 7) is 3.90. The van der Waals surface area contributed by atoms with Crippen molar-refractivity contribution in [1.29, 1.82) is 0 Å². The zero-order valence-corrected chi connectivity index (χ0v) is 14.7. The van der Waals surface area contributed by atoms with E-state index in [-0.39, 0.29) is 11.7 Å². The Morgan fingerprint density at radius 2 is 2.21 bits per heavy atom. The Bertz CT molecular complexity index is 858. The van der Waals surface area contributed by atoms with Gasteiger partial charge in [0, 0.05) is 18.3 Å². The van der Waals surface area contributed by atoms with Crippen LogP contribution in [0.25, 0.3) is 10.9 Å². The Balaban J connectivity index is 1.93. The fraction of sp³-hybridized carbons (Fsp3) is 0.333. The molecule has 5 nitrogen and oxygen atoms in total. The minimum Gasteiger partial charge on any atom is -0.483 e. The Morgan fingerprint density at radius 3 is 2.96 bits per heavy atom. The lowest BCUT2D eigenvalue weighted by molar-refractivity contribution is 0.200. The molecule has 0 unspecified atom stereocenters. The number of benzene rings is 1. The largest absolute Gasteiger partial charge is 0.483 e. The topological polar surface area (TPSA) is 56.1 Å². The van der Waals surface area contributed by atoms with Crippen LogP contribution in [-0.2, 0) is 7.05 Å². The van der Waals surface area contributed by atoms with Crippen LogP contribution in [0.5, 0.6) is 5.75 Å². The van der Waals surface area contributed by atoms with Crippen LogP contribution in [0.3, 0.4) is 0 Å². The highest BCUT2D eigenvalue weighted by atomic mass is 32.1. The van der Waals surface area contributed by atoms with Crippen LogP contribution in [0, 0.1) is 0 Å². The predicted octanol–water partition coefficient (Wildman–Crippen LogP) is 3.11. The van der Waals surface area contributed by atoms with Crippen molar-refractivity contribution in [1.82, 2.24) is 14.9 Å². The summed E-state index contributed by atoms with van der Waals surface area (Å²) >= 11 is 1.68. The van der Waals surface area contributed by atoms with Crippen molar-refractivity contribution in [2.45, 2.75) is 19.4 Å². The second kappa shape index (κ2) is 7.59. The van der Waals surface area contributed by atoms with Crippen LogP contribution in [0.2, 0.25) is 0 Å². The van der Waals surface area contributed by atoms with E-state index < -0.39 is 0 Å². The van der Waals surface area contributed by atoms with Crippen LogP contribution >= 0.6 is 11.3 Å². The first-order valence-electron chi connectivity index (χ1n) is 8.06. The van der Waals surface area contributed by atoms with Crippen LogP contribution < -0.4 is 15.6 Å². The third-order valence-electron chi connectivity index (χ3n) is 3.87. The molecule has 0 aliphatic rings. The first kappa shape index (κ1) is 16.7. The molecule has 2 heterocycles. The molecule has 126 valence electrons. The number of hydrogen-bond acceptors (Lipinski definition) is 5. The van der Waals surface area contributed by atoms with Crippen molar-refractivity contribution < 1.29 is 4.74 Å². The Hall–Kier alpha value is -2.18. The van der Waals surface area contributed by atoms with Crippen molar-refractivity contribution in [2.75, 3.05) is 13.1 Å². The van der Waals surface area contributed by atoms with Gasteiger partial charge in [0.1, 0.15) is 17.4 Å². The van der Waals surface area contributed by atoms with E-state index in [4.69, 9.17) is 4.74 Å². The summed E-state index contributed by atoms with van der Waals surface area (Å²) in [7, 11) is 1.70. The molecule has 3 aromatic rings. The normalized spacial score (nSPS) is 12.4. The number of aryl methyl sites for hydroxylation is 1. The Kier molecular flexibility index (Phi) is 5.27. The zero-order valence-electron chi connectivity index (χ0n) is 13.9. The smallest absolute Gasteiger partial charge is 0.261 e. The highest BCUT2D eigenvalue weighted by molar-refractivity contribution is 7.10. The SMILES string of the molecule is CCNCC[C@H](Oc1cccc2c(=O)n(C)cnc12)c1cccs1. The zero-order chi connectivity index (χ0) is 16.9. The van der Waals surface area contributed by atoms with Gasteiger partial charge in [0.2, 0.25) is 0 Å². The molecule has 0 saturated carbocycles. The summed E-state index contributed by atoms with van der Waals surface area (Å²) in [5, 5.41) is 5.97. The Morgan fingerprint density at radius 1 is 1.33 bits per heavy atom. The van der Waals surface area contributed by atoms with Crippen molar-refractivity contribution in [3.8, 4) is 5.75 Å². The van der Waals surface area contributed by atoms with E-state index in [1.165, 1.54) is 15.8 Å². The number of aromatic nitrogens is 2. The first-order chi connectivity index (χ1) is 11.7. The average molecular weight is 343 g/mol. The molecule has 0 amide bonds. The van der Waals surface area contributed by atoms with Crippen molar-refractivity contribution in [3.63, 3.8) is 0 Å². The maximum atomic E-state index is 12.3. The van der Waals surface area contributed by atoms with Gasteiger partial charge in [-0.05, 0) is 36.7 Å². The van der Waals surface area contributed by atoms with E-state index in [1.54, 1.807) is 24.5 Å². The quantitative estimate of drug-likeness (QED) is 0.670. The third-order valence-corrected chi connectivity index (χ3v) is 4.84. The van der Waals surface area contributed by atoms with Gasteiger partial charge in [-0.2, -0.15) is 0 Å². The molecule has 0 fully saturated rings. The molecule has 0 saturated heterocycles. The number of nitrogens with one attached hydrogen (secondary N) is 1. The van der Waals surface area contributed by atoms with E-state index in [0.717, 1.165) is 19.5 Å². The summed E-state index contributed by atoms with van der Waals surface area (Å²) < 4.78 is 7.75. The molecular weight excluding hydrogens is 322 g/mol. The minimum absolute atomic E-state index is 0.0551. The number of hydrogen-bond donors (Lipinski definition) is 1. The van der Waals surface area contributed by atoms with Gasteiger partial charge in [-0.15, -0.1) is 11.3 Å². The number of ether oxygens (including phenoxy) is 1. The van der Waals surface area contributed by atoms with Gasteiger partial charge in [-0.3, -0.25) is 4.79 Å². The van der Waals surface area contributed by atoms with E-state index in [1.807, 2.05) is 18.2 Å². The summed E-state index contributed by atoms with van der Waals surface area (Å²) in [5.74, 6) is 0.653. The van der Waals surface area contributed by atoms with E-state index in [2.05, 4.69) is 28.7 Å². The van der Waals surface area contributed by atoms with Gasteiger partial charge in [0.25, 0.3) is 5.56 Å².